The molecule has 1 N–H and O–H groups in total. The van der Waals surface area contributed by atoms with E-state index >= 15 is 0 Å². The van der Waals surface area contributed by atoms with E-state index in [1.165, 1.54) is 31.2 Å². The summed E-state index contributed by atoms with van der Waals surface area (Å²) in [6.07, 6.45) is 10.4. The molecule has 0 amide bonds. The minimum atomic E-state index is 0.571. The van der Waals surface area contributed by atoms with Gasteiger partial charge in [-0.05, 0) is 45.7 Å². The minimum absolute atomic E-state index is 0.571. The van der Waals surface area contributed by atoms with Gasteiger partial charge < -0.3 is 10.2 Å². The van der Waals surface area contributed by atoms with Gasteiger partial charge in [-0.1, -0.05) is 6.92 Å². The molecule has 2 aliphatic rings. The summed E-state index contributed by atoms with van der Waals surface area (Å²) in [5.41, 5.74) is 1.19. The highest BCUT2D eigenvalue weighted by Crippen LogP contribution is 2.40. The molecule has 3 heterocycles. The highest BCUT2D eigenvalue weighted by atomic mass is 15.2. The molecule has 4 nitrogen and oxygen atoms in total. The van der Waals surface area contributed by atoms with Gasteiger partial charge in [0.05, 0.1) is 0 Å². The third-order valence-corrected chi connectivity index (χ3v) is 4.94. The Morgan fingerprint density at radius 3 is 2.45 bits per heavy atom. The van der Waals surface area contributed by atoms with Crippen molar-refractivity contribution in [3.63, 3.8) is 0 Å². The smallest absolute Gasteiger partial charge is 0.131 e. The predicted octanol–water partition coefficient (Wildman–Crippen LogP) is 2.32. The molecule has 0 saturated carbocycles. The van der Waals surface area contributed by atoms with Gasteiger partial charge in [-0.25, -0.2) is 9.97 Å². The van der Waals surface area contributed by atoms with Gasteiger partial charge in [0.1, 0.15) is 5.82 Å². The third-order valence-electron chi connectivity index (χ3n) is 4.94. The van der Waals surface area contributed by atoms with E-state index in [0.29, 0.717) is 5.92 Å². The van der Waals surface area contributed by atoms with Crippen LogP contribution in [-0.2, 0) is 6.54 Å². The van der Waals surface area contributed by atoms with Crippen molar-refractivity contribution in [2.45, 2.75) is 63.6 Å². The van der Waals surface area contributed by atoms with Crippen LogP contribution >= 0.6 is 0 Å². The molecule has 0 radical (unpaired) electrons. The number of nitrogens with one attached hydrogen (secondary N) is 1. The third kappa shape index (κ3) is 2.86. The zero-order valence-electron chi connectivity index (χ0n) is 12.7. The van der Waals surface area contributed by atoms with Crippen molar-refractivity contribution in [3.8, 4) is 0 Å². The number of piperidine rings is 1. The highest BCUT2D eigenvalue weighted by molar-refractivity contribution is 5.10. The van der Waals surface area contributed by atoms with Crippen LogP contribution in [0.1, 0.15) is 56.3 Å². The van der Waals surface area contributed by atoms with E-state index in [1.54, 1.807) is 0 Å². The van der Waals surface area contributed by atoms with Gasteiger partial charge in [0, 0.05) is 42.5 Å². The van der Waals surface area contributed by atoms with Gasteiger partial charge >= 0.3 is 0 Å². The summed E-state index contributed by atoms with van der Waals surface area (Å²) in [5.74, 6) is 1.63. The molecule has 20 heavy (non-hydrogen) atoms. The summed E-state index contributed by atoms with van der Waals surface area (Å²) >= 11 is 0. The number of hydrogen-bond donors (Lipinski definition) is 1. The van der Waals surface area contributed by atoms with E-state index in [-0.39, 0.29) is 0 Å². The molecule has 3 rings (SSSR count). The summed E-state index contributed by atoms with van der Waals surface area (Å²) in [5, 5.41) is 3.39. The van der Waals surface area contributed by atoms with E-state index in [2.05, 4.69) is 34.2 Å². The van der Waals surface area contributed by atoms with E-state index in [0.717, 1.165) is 37.4 Å². The van der Waals surface area contributed by atoms with Crippen molar-refractivity contribution in [1.82, 2.24) is 20.2 Å². The molecular formula is C16H26N4. The lowest BCUT2D eigenvalue weighted by Gasteiger charge is -2.35. The number of nitrogens with zero attached hydrogens (tertiary/aromatic N) is 3. The van der Waals surface area contributed by atoms with Gasteiger partial charge in [0.15, 0.2) is 0 Å². The van der Waals surface area contributed by atoms with Crippen molar-refractivity contribution in [2.24, 2.45) is 0 Å². The number of rotatable bonds is 5. The van der Waals surface area contributed by atoms with Gasteiger partial charge in [-0.2, -0.15) is 0 Å². The van der Waals surface area contributed by atoms with Crippen LogP contribution in [0.3, 0.4) is 0 Å². The first kappa shape index (κ1) is 14.0. The summed E-state index contributed by atoms with van der Waals surface area (Å²) in [4.78, 5) is 11.8. The second-order valence-corrected chi connectivity index (χ2v) is 6.35. The monoisotopic (exact) mass is 274 g/mol. The maximum Gasteiger partial charge on any atom is 0.131 e. The maximum absolute atomic E-state index is 4.63. The Labute approximate surface area is 122 Å². The van der Waals surface area contributed by atoms with Crippen LogP contribution in [0, 0.1) is 0 Å². The Balaban J connectivity index is 1.60. The molecule has 1 aromatic heterocycles. The molecule has 0 aromatic carbocycles. The van der Waals surface area contributed by atoms with Crippen LogP contribution in [0.15, 0.2) is 12.4 Å². The number of aromatic nitrogens is 2. The molecule has 2 atom stereocenters. The molecule has 2 saturated heterocycles. The van der Waals surface area contributed by atoms with Crippen LogP contribution in [-0.4, -0.2) is 40.5 Å². The first-order valence-corrected chi connectivity index (χ1v) is 8.01. The Hall–Kier alpha value is -1.00. The average Bonchev–Trinajstić information content (AvgIpc) is 2.69. The quantitative estimate of drug-likeness (QED) is 0.837. The van der Waals surface area contributed by atoms with Crippen molar-refractivity contribution in [1.29, 1.82) is 0 Å². The molecule has 110 valence electrons. The highest BCUT2D eigenvalue weighted by Gasteiger charge is 2.39. The summed E-state index contributed by atoms with van der Waals surface area (Å²) in [7, 11) is 2.28. The fraction of sp³-hybridized carbons (Fsp3) is 0.750. The van der Waals surface area contributed by atoms with Gasteiger partial charge in [0.25, 0.3) is 0 Å². The summed E-state index contributed by atoms with van der Waals surface area (Å²) in [6, 6.07) is 1.52. The van der Waals surface area contributed by atoms with Crippen LogP contribution in [0.2, 0.25) is 0 Å². The molecule has 2 bridgehead atoms. The molecule has 0 spiro atoms. The summed E-state index contributed by atoms with van der Waals surface area (Å²) < 4.78 is 0. The predicted molar refractivity (Wildman–Crippen MR) is 80.6 cm³/mol. The Kier molecular flexibility index (Phi) is 4.32. The topological polar surface area (TPSA) is 41.1 Å². The Bertz CT molecular complexity index is 417. The van der Waals surface area contributed by atoms with Crippen LogP contribution in [0.5, 0.6) is 0 Å². The van der Waals surface area contributed by atoms with Crippen molar-refractivity contribution in [2.75, 3.05) is 13.6 Å². The first-order chi connectivity index (χ1) is 9.78. The van der Waals surface area contributed by atoms with E-state index in [1.807, 2.05) is 12.4 Å². The lowest BCUT2D eigenvalue weighted by molar-refractivity contribution is 0.159. The van der Waals surface area contributed by atoms with Gasteiger partial charge in [0.2, 0.25) is 0 Å². The van der Waals surface area contributed by atoms with Crippen LogP contribution < -0.4 is 5.32 Å². The minimum Gasteiger partial charge on any atom is -0.313 e. The Morgan fingerprint density at radius 2 is 1.85 bits per heavy atom. The summed E-state index contributed by atoms with van der Waals surface area (Å²) in [6.45, 7) is 4.12. The van der Waals surface area contributed by atoms with Gasteiger partial charge in [-0.15, -0.1) is 0 Å². The standard InChI is InChI=1S/C16H26N4/c1-3-6-17-9-12-10-18-16(19-11-12)13-7-14-4-5-15(8-13)20(14)2/h10-11,13-15,17H,3-9H2,1-2H3. The molecular weight excluding hydrogens is 248 g/mol. The SMILES string of the molecule is CCCNCc1cnc(C2CC3CCC(C2)N3C)nc1. The van der Waals surface area contributed by atoms with Crippen molar-refractivity contribution < 1.29 is 0 Å². The van der Waals surface area contributed by atoms with Crippen LogP contribution in [0.4, 0.5) is 0 Å². The zero-order valence-corrected chi connectivity index (χ0v) is 12.7. The second-order valence-electron chi connectivity index (χ2n) is 6.35. The lowest BCUT2D eigenvalue weighted by Crippen LogP contribution is -2.39. The molecule has 2 fully saturated rings. The van der Waals surface area contributed by atoms with Crippen molar-refractivity contribution in [3.05, 3.63) is 23.8 Å². The Morgan fingerprint density at radius 1 is 1.20 bits per heavy atom. The molecule has 2 unspecified atom stereocenters. The second kappa shape index (κ2) is 6.19. The number of fused-ring (bicyclic) bond motifs is 2. The van der Waals surface area contributed by atoms with E-state index in [9.17, 15) is 0 Å². The fourth-order valence-electron chi connectivity index (χ4n) is 3.70. The number of hydrogen-bond acceptors (Lipinski definition) is 4. The maximum atomic E-state index is 4.63. The fourth-order valence-corrected chi connectivity index (χ4v) is 3.70. The van der Waals surface area contributed by atoms with Crippen molar-refractivity contribution >= 4 is 0 Å². The molecule has 4 heteroatoms. The zero-order chi connectivity index (χ0) is 13.9. The van der Waals surface area contributed by atoms with Crippen LogP contribution in [0.25, 0.3) is 0 Å². The van der Waals surface area contributed by atoms with Gasteiger partial charge in [-0.3, -0.25) is 0 Å². The molecule has 0 aliphatic carbocycles. The average molecular weight is 274 g/mol. The van der Waals surface area contributed by atoms with E-state index in [4.69, 9.17) is 0 Å². The first-order valence-electron chi connectivity index (χ1n) is 8.01. The van der Waals surface area contributed by atoms with E-state index < -0.39 is 0 Å². The largest absolute Gasteiger partial charge is 0.313 e. The normalized spacial score (nSPS) is 29.8. The lowest BCUT2D eigenvalue weighted by atomic mass is 9.90. The molecule has 2 aliphatic heterocycles. The molecule has 1 aromatic rings.